The van der Waals surface area contributed by atoms with Crippen molar-refractivity contribution in [3.63, 3.8) is 0 Å². The number of pyridine rings is 1. The Morgan fingerprint density at radius 1 is 1.21 bits per heavy atom. The number of likely N-dealkylation sites (tertiary alicyclic amines) is 1. The molecule has 0 bridgehead atoms. The van der Waals surface area contributed by atoms with Crippen LogP contribution < -0.4 is 9.64 Å². The van der Waals surface area contributed by atoms with Gasteiger partial charge in [-0.25, -0.2) is 9.37 Å². The highest BCUT2D eigenvalue weighted by Crippen LogP contribution is 2.47. The normalized spacial score (nSPS) is 23.4. The number of ether oxygens (including phenoxy) is 1. The van der Waals surface area contributed by atoms with Crippen LogP contribution in [0.25, 0.3) is 0 Å². The summed E-state index contributed by atoms with van der Waals surface area (Å²) >= 11 is 0. The Labute approximate surface area is 165 Å². The summed E-state index contributed by atoms with van der Waals surface area (Å²) in [5.41, 5.74) is 1.25. The molecule has 6 heteroatoms. The number of aromatic nitrogens is 1. The SMILES string of the molecule is COc1cc(C(=O)N2CCCC23CN(c2ccc(F)cc2)C(C)(C)C3)ccn1. The maximum atomic E-state index is 13.4. The van der Waals surface area contributed by atoms with Gasteiger partial charge in [0.2, 0.25) is 5.88 Å². The number of methoxy groups -OCH3 is 1. The van der Waals surface area contributed by atoms with Gasteiger partial charge in [-0.05, 0) is 63.4 Å². The van der Waals surface area contributed by atoms with E-state index in [9.17, 15) is 9.18 Å². The number of anilines is 1. The number of carbonyl (C=O) groups is 1. The lowest BCUT2D eigenvalue weighted by Gasteiger charge is -2.35. The van der Waals surface area contributed by atoms with Gasteiger partial charge in [0, 0.05) is 42.1 Å². The van der Waals surface area contributed by atoms with Crippen molar-refractivity contribution in [1.82, 2.24) is 9.88 Å². The molecule has 4 rings (SSSR count). The Bertz CT molecular complexity index is 884. The summed E-state index contributed by atoms with van der Waals surface area (Å²) < 4.78 is 18.6. The summed E-state index contributed by atoms with van der Waals surface area (Å²) in [6.07, 6.45) is 4.45. The number of rotatable bonds is 3. The highest BCUT2D eigenvalue weighted by atomic mass is 19.1. The Hall–Kier alpha value is -2.63. The third-order valence-corrected chi connectivity index (χ3v) is 6.12. The van der Waals surface area contributed by atoms with Crippen molar-refractivity contribution >= 4 is 11.6 Å². The van der Waals surface area contributed by atoms with Gasteiger partial charge >= 0.3 is 0 Å². The maximum absolute atomic E-state index is 13.4. The second-order valence-electron chi connectivity index (χ2n) is 8.42. The number of amides is 1. The summed E-state index contributed by atoms with van der Waals surface area (Å²) in [6.45, 7) is 5.89. The Kier molecular flexibility index (Phi) is 4.52. The van der Waals surface area contributed by atoms with E-state index in [1.165, 1.54) is 12.1 Å². The fraction of sp³-hybridized carbons (Fsp3) is 0.455. The van der Waals surface area contributed by atoms with Crippen molar-refractivity contribution in [2.45, 2.75) is 44.2 Å². The molecule has 0 radical (unpaired) electrons. The molecular formula is C22H26FN3O2. The van der Waals surface area contributed by atoms with Gasteiger partial charge in [-0.2, -0.15) is 0 Å². The minimum Gasteiger partial charge on any atom is -0.481 e. The quantitative estimate of drug-likeness (QED) is 0.807. The molecule has 2 aliphatic heterocycles. The van der Waals surface area contributed by atoms with E-state index >= 15 is 0 Å². The molecule has 0 aliphatic carbocycles. The molecule has 1 aromatic carbocycles. The van der Waals surface area contributed by atoms with Crippen LogP contribution in [0.4, 0.5) is 10.1 Å². The van der Waals surface area contributed by atoms with Crippen molar-refractivity contribution in [3.05, 3.63) is 54.0 Å². The van der Waals surface area contributed by atoms with E-state index in [1.54, 1.807) is 25.4 Å². The Morgan fingerprint density at radius 3 is 2.68 bits per heavy atom. The molecule has 2 fully saturated rings. The lowest BCUT2D eigenvalue weighted by atomic mass is 9.87. The van der Waals surface area contributed by atoms with Gasteiger partial charge in [-0.1, -0.05) is 0 Å². The highest BCUT2D eigenvalue weighted by molar-refractivity contribution is 5.95. The maximum Gasteiger partial charge on any atom is 0.254 e. The first kappa shape index (κ1) is 18.7. The molecule has 0 N–H and O–H groups in total. The first-order valence-corrected chi connectivity index (χ1v) is 9.70. The molecule has 0 saturated carbocycles. The van der Waals surface area contributed by atoms with Crippen molar-refractivity contribution < 1.29 is 13.9 Å². The van der Waals surface area contributed by atoms with E-state index in [1.807, 2.05) is 17.0 Å². The van der Waals surface area contributed by atoms with Gasteiger partial charge in [0.05, 0.1) is 12.6 Å². The van der Waals surface area contributed by atoms with Crippen molar-refractivity contribution in [2.24, 2.45) is 0 Å². The lowest BCUT2D eigenvalue weighted by molar-refractivity contribution is 0.0617. The molecule has 2 saturated heterocycles. The smallest absolute Gasteiger partial charge is 0.254 e. The summed E-state index contributed by atoms with van der Waals surface area (Å²) in [4.78, 5) is 21.8. The van der Waals surface area contributed by atoms with E-state index in [0.29, 0.717) is 11.4 Å². The number of nitrogens with zero attached hydrogens (tertiary/aromatic N) is 3. The molecule has 5 nitrogen and oxygen atoms in total. The van der Waals surface area contributed by atoms with E-state index in [0.717, 1.165) is 38.0 Å². The van der Waals surface area contributed by atoms with Crippen molar-refractivity contribution in [3.8, 4) is 5.88 Å². The van der Waals surface area contributed by atoms with E-state index in [2.05, 4.69) is 23.7 Å². The molecular weight excluding hydrogens is 357 g/mol. The van der Waals surface area contributed by atoms with Crippen LogP contribution in [0.2, 0.25) is 0 Å². The number of carbonyl (C=O) groups excluding carboxylic acids is 1. The van der Waals surface area contributed by atoms with Gasteiger partial charge in [0.25, 0.3) is 5.91 Å². The average Bonchev–Trinajstić information content (AvgIpc) is 3.21. The Morgan fingerprint density at radius 2 is 1.96 bits per heavy atom. The molecule has 148 valence electrons. The van der Waals surface area contributed by atoms with Crippen LogP contribution in [0, 0.1) is 5.82 Å². The zero-order chi connectivity index (χ0) is 19.9. The van der Waals surface area contributed by atoms with Crippen LogP contribution in [0.5, 0.6) is 5.88 Å². The molecule has 1 unspecified atom stereocenters. The fourth-order valence-corrected chi connectivity index (χ4v) is 4.94. The zero-order valence-electron chi connectivity index (χ0n) is 16.6. The van der Waals surface area contributed by atoms with E-state index in [4.69, 9.17) is 4.74 Å². The number of hydrogen-bond acceptors (Lipinski definition) is 4. The molecule has 3 heterocycles. The number of halogens is 1. The van der Waals surface area contributed by atoms with Crippen LogP contribution >= 0.6 is 0 Å². The topological polar surface area (TPSA) is 45.7 Å². The second-order valence-corrected chi connectivity index (χ2v) is 8.42. The van der Waals surface area contributed by atoms with Gasteiger partial charge in [0.15, 0.2) is 0 Å². The van der Waals surface area contributed by atoms with E-state index < -0.39 is 0 Å². The minimum atomic E-state index is -0.236. The monoisotopic (exact) mass is 383 g/mol. The molecule has 2 aliphatic rings. The van der Waals surface area contributed by atoms with Crippen LogP contribution in [0.1, 0.15) is 43.5 Å². The predicted octanol–water partition coefficient (Wildman–Crippen LogP) is 3.89. The zero-order valence-corrected chi connectivity index (χ0v) is 16.6. The van der Waals surface area contributed by atoms with Crippen LogP contribution in [0.3, 0.4) is 0 Å². The van der Waals surface area contributed by atoms with Gasteiger partial charge in [-0.15, -0.1) is 0 Å². The van der Waals surface area contributed by atoms with Crippen molar-refractivity contribution in [2.75, 3.05) is 25.1 Å². The van der Waals surface area contributed by atoms with Gasteiger partial charge in [-0.3, -0.25) is 4.79 Å². The van der Waals surface area contributed by atoms with Crippen LogP contribution in [0.15, 0.2) is 42.6 Å². The fourth-order valence-electron chi connectivity index (χ4n) is 4.94. The molecule has 1 spiro atoms. The highest BCUT2D eigenvalue weighted by Gasteiger charge is 2.54. The summed E-state index contributed by atoms with van der Waals surface area (Å²) in [6, 6.07) is 10.1. The van der Waals surface area contributed by atoms with Crippen LogP contribution in [-0.4, -0.2) is 47.1 Å². The van der Waals surface area contributed by atoms with E-state index in [-0.39, 0.29) is 22.8 Å². The Balaban J connectivity index is 1.64. The average molecular weight is 383 g/mol. The van der Waals surface area contributed by atoms with Gasteiger partial charge < -0.3 is 14.5 Å². The van der Waals surface area contributed by atoms with Crippen LogP contribution in [-0.2, 0) is 0 Å². The molecule has 1 atom stereocenters. The van der Waals surface area contributed by atoms with Gasteiger partial charge in [0.1, 0.15) is 5.82 Å². The minimum absolute atomic E-state index is 0.0231. The third kappa shape index (κ3) is 3.11. The lowest BCUT2D eigenvalue weighted by Crippen LogP contribution is -2.49. The first-order chi connectivity index (χ1) is 13.3. The standard InChI is InChI=1S/C22H26FN3O2/c1-21(2)14-22(15-26(21)18-7-5-17(23)6-8-18)10-4-12-25(22)20(27)16-9-11-24-19(13-16)28-3/h5-9,11,13H,4,10,12,14-15H2,1-3H3. The largest absolute Gasteiger partial charge is 0.481 e. The summed E-state index contributed by atoms with van der Waals surface area (Å²) in [5.74, 6) is 0.230. The summed E-state index contributed by atoms with van der Waals surface area (Å²) in [5, 5.41) is 0. The predicted molar refractivity (Wildman–Crippen MR) is 106 cm³/mol. The molecule has 1 aromatic heterocycles. The summed E-state index contributed by atoms with van der Waals surface area (Å²) in [7, 11) is 1.55. The third-order valence-electron chi connectivity index (χ3n) is 6.12. The number of hydrogen-bond donors (Lipinski definition) is 0. The molecule has 1 amide bonds. The number of benzene rings is 1. The molecule has 2 aromatic rings. The second kappa shape index (κ2) is 6.76. The molecule has 28 heavy (non-hydrogen) atoms. The van der Waals surface area contributed by atoms with Crippen molar-refractivity contribution in [1.29, 1.82) is 0 Å². The first-order valence-electron chi connectivity index (χ1n) is 9.70.